The van der Waals surface area contributed by atoms with Crippen LogP contribution in [0.1, 0.15) is 37.8 Å². The molecule has 0 aliphatic rings. The maximum atomic E-state index is 13.8. The summed E-state index contributed by atoms with van der Waals surface area (Å²) < 4.78 is 52.7. The summed E-state index contributed by atoms with van der Waals surface area (Å²) in [6, 6.07) is 9.08. The summed E-state index contributed by atoms with van der Waals surface area (Å²) in [5.41, 5.74) is 1.59. The second kappa shape index (κ2) is 11.9. The fourth-order valence-electron chi connectivity index (χ4n) is 3.26. The van der Waals surface area contributed by atoms with Gasteiger partial charge >= 0.3 is 0 Å². The Labute approximate surface area is 199 Å². The molecule has 1 atom stereocenters. The summed E-state index contributed by atoms with van der Waals surface area (Å²) in [6.45, 7) is 5.31. The largest absolute Gasteiger partial charge is 0.354 e. The van der Waals surface area contributed by atoms with Gasteiger partial charge in [0.1, 0.15) is 12.6 Å². The van der Waals surface area contributed by atoms with Gasteiger partial charge in [0.25, 0.3) is 0 Å². The lowest BCUT2D eigenvalue weighted by molar-refractivity contribution is -0.139. The van der Waals surface area contributed by atoms with Gasteiger partial charge in [-0.25, -0.2) is 17.2 Å². The van der Waals surface area contributed by atoms with E-state index in [-0.39, 0.29) is 18.1 Å². The molecule has 0 saturated carbocycles. The number of sulfonamides is 1. The first-order chi connectivity index (χ1) is 15.9. The van der Waals surface area contributed by atoms with Gasteiger partial charge in [-0.2, -0.15) is 0 Å². The second-order valence-corrected chi connectivity index (χ2v) is 10.1. The van der Waals surface area contributed by atoms with Crippen LogP contribution in [-0.2, 0) is 26.2 Å². The predicted molar refractivity (Wildman–Crippen MR) is 128 cm³/mol. The Kier molecular flexibility index (Phi) is 9.55. The van der Waals surface area contributed by atoms with Crippen molar-refractivity contribution in [3.05, 3.63) is 65.2 Å². The maximum Gasteiger partial charge on any atom is 0.244 e. The van der Waals surface area contributed by atoms with Crippen molar-refractivity contribution in [1.82, 2.24) is 10.2 Å². The van der Waals surface area contributed by atoms with E-state index in [0.29, 0.717) is 10.8 Å². The van der Waals surface area contributed by atoms with E-state index in [2.05, 4.69) is 5.32 Å². The zero-order valence-corrected chi connectivity index (χ0v) is 20.7. The Hall–Kier alpha value is -3.01. The molecule has 2 rings (SSSR count). The van der Waals surface area contributed by atoms with Crippen LogP contribution < -0.4 is 9.62 Å². The molecule has 2 aromatic rings. The summed E-state index contributed by atoms with van der Waals surface area (Å²) in [7, 11) is -4.02. The number of carbonyl (C=O) groups is 2. The molecule has 0 bridgehead atoms. The normalized spacial score (nSPS) is 12.2. The molecule has 0 radical (unpaired) electrons. The molecule has 2 amide bonds. The van der Waals surface area contributed by atoms with E-state index in [4.69, 9.17) is 0 Å². The van der Waals surface area contributed by atoms with E-state index >= 15 is 0 Å². The van der Waals surface area contributed by atoms with Crippen LogP contribution in [0.15, 0.2) is 42.5 Å². The van der Waals surface area contributed by atoms with E-state index < -0.39 is 40.2 Å². The highest BCUT2D eigenvalue weighted by atomic mass is 32.2. The van der Waals surface area contributed by atoms with Gasteiger partial charge in [-0.05, 0) is 38.0 Å². The van der Waals surface area contributed by atoms with Crippen LogP contribution >= 0.6 is 0 Å². The van der Waals surface area contributed by atoms with Crippen molar-refractivity contribution in [2.75, 3.05) is 23.7 Å². The molecule has 7 nitrogen and oxygen atoms in total. The monoisotopic (exact) mass is 495 g/mol. The topological polar surface area (TPSA) is 86.8 Å². The fourth-order valence-corrected chi connectivity index (χ4v) is 4.10. The number of aryl methyl sites for hydroxylation is 1. The van der Waals surface area contributed by atoms with E-state index in [1.165, 1.54) is 4.90 Å². The van der Waals surface area contributed by atoms with Crippen molar-refractivity contribution in [3.63, 3.8) is 0 Å². The summed E-state index contributed by atoms with van der Waals surface area (Å²) in [5, 5.41) is 2.79. The lowest BCUT2D eigenvalue weighted by Crippen LogP contribution is -2.51. The molecule has 0 aliphatic carbocycles. The van der Waals surface area contributed by atoms with E-state index in [9.17, 15) is 26.8 Å². The highest BCUT2D eigenvalue weighted by Gasteiger charge is 2.30. The first-order valence-electron chi connectivity index (χ1n) is 11.0. The molecule has 0 spiro atoms. The first-order valence-corrected chi connectivity index (χ1v) is 12.8. The van der Waals surface area contributed by atoms with Crippen LogP contribution in [0.3, 0.4) is 0 Å². The molecule has 0 aromatic heterocycles. The average molecular weight is 496 g/mol. The van der Waals surface area contributed by atoms with Crippen molar-refractivity contribution in [2.24, 2.45) is 0 Å². The number of halogens is 2. The lowest BCUT2D eigenvalue weighted by Gasteiger charge is -2.31. The fraction of sp³-hybridized carbons (Fsp3) is 0.417. The number of nitrogens with one attached hydrogen (secondary N) is 1. The summed E-state index contributed by atoms with van der Waals surface area (Å²) >= 11 is 0. The Morgan fingerprint density at radius 3 is 2.26 bits per heavy atom. The Morgan fingerprint density at radius 1 is 1.06 bits per heavy atom. The summed E-state index contributed by atoms with van der Waals surface area (Å²) in [4.78, 5) is 27.3. The minimum absolute atomic E-state index is 0.0663. The van der Waals surface area contributed by atoms with Gasteiger partial charge < -0.3 is 10.2 Å². The van der Waals surface area contributed by atoms with E-state index in [0.717, 1.165) is 48.4 Å². The average Bonchev–Trinajstić information content (AvgIpc) is 2.77. The molecular weight excluding hydrogens is 464 g/mol. The zero-order chi connectivity index (χ0) is 25.5. The molecule has 2 aromatic carbocycles. The van der Waals surface area contributed by atoms with E-state index in [1.54, 1.807) is 6.92 Å². The first kappa shape index (κ1) is 27.2. The van der Waals surface area contributed by atoms with Crippen LogP contribution in [0.5, 0.6) is 0 Å². The number of anilines is 1. The van der Waals surface area contributed by atoms with Crippen molar-refractivity contribution >= 4 is 27.5 Å². The van der Waals surface area contributed by atoms with Gasteiger partial charge in [-0.3, -0.25) is 13.9 Å². The third-order valence-electron chi connectivity index (χ3n) is 5.34. The second-order valence-electron chi connectivity index (χ2n) is 8.20. The SMILES string of the molecule is CCCCNC(=O)[C@H](C)N(Cc1ccc(C)cc1)C(=O)CN(c1ccc(F)c(F)c1)S(C)(=O)=O. The van der Waals surface area contributed by atoms with Gasteiger partial charge in [0.15, 0.2) is 11.6 Å². The zero-order valence-electron chi connectivity index (χ0n) is 19.8. The number of amides is 2. The number of unbranched alkanes of at least 4 members (excludes halogenated alkanes) is 1. The van der Waals surface area contributed by atoms with Crippen molar-refractivity contribution in [2.45, 2.75) is 46.2 Å². The molecule has 186 valence electrons. The third-order valence-corrected chi connectivity index (χ3v) is 6.48. The Morgan fingerprint density at radius 2 is 1.71 bits per heavy atom. The number of rotatable bonds is 11. The highest BCUT2D eigenvalue weighted by Crippen LogP contribution is 2.21. The minimum atomic E-state index is -4.02. The molecule has 0 saturated heterocycles. The van der Waals surface area contributed by atoms with Crippen LogP contribution in [0, 0.1) is 18.6 Å². The molecular formula is C24H31F2N3O4S. The molecule has 34 heavy (non-hydrogen) atoms. The minimum Gasteiger partial charge on any atom is -0.354 e. The number of nitrogens with zero attached hydrogens (tertiary/aromatic N) is 2. The quantitative estimate of drug-likeness (QED) is 0.485. The Bertz CT molecular complexity index is 1110. The van der Waals surface area contributed by atoms with Crippen molar-refractivity contribution in [3.8, 4) is 0 Å². The van der Waals surface area contributed by atoms with Crippen LogP contribution in [0.2, 0.25) is 0 Å². The molecule has 1 N–H and O–H groups in total. The molecule has 10 heteroatoms. The van der Waals surface area contributed by atoms with Gasteiger partial charge in [-0.15, -0.1) is 0 Å². The number of benzene rings is 2. The molecule has 0 aliphatic heterocycles. The highest BCUT2D eigenvalue weighted by molar-refractivity contribution is 7.92. The summed E-state index contributed by atoms with van der Waals surface area (Å²) in [5.74, 6) is -3.40. The maximum absolute atomic E-state index is 13.8. The molecule has 0 unspecified atom stereocenters. The van der Waals surface area contributed by atoms with Gasteiger partial charge in [0.2, 0.25) is 21.8 Å². The van der Waals surface area contributed by atoms with Gasteiger partial charge in [-0.1, -0.05) is 43.2 Å². The van der Waals surface area contributed by atoms with Crippen molar-refractivity contribution in [1.29, 1.82) is 0 Å². The third kappa shape index (κ3) is 7.51. The lowest BCUT2D eigenvalue weighted by atomic mass is 10.1. The van der Waals surface area contributed by atoms with Gasteiger partial charge in [0.05, 0.1) is 11.9 Å². The Balaban J connectivity index is 2.35. The predicted octanol–water partition coefficient (Wildman–Crippen LogP) is 3.37. The van der Waals surface area contributed by atoms with Crippen LogP contribution in [-0.4, -0.2) is 50.5 Å². The van der Waals surface area contributed by atoms with Crippen LogP contribution in [0.25, 0.3) is 0 Å². The number of carbonyl (C=O) groups excluding carboxylic acids is 2. The standard InChI is InChI=1S/C24H31F2N3O4S/c1-5-6-13-27-24(31)18(3)28(15-19-9-7-17(2)8-10-19)23(30)16-29(34(4,32)33)20-11-12-21(25)22(26)14-20/h7-12,14,18H,5-6,13,15-16H2,1-4H3,(H,27,31)/t18-/m0/s1. The van der Waals surface area contributed by atoms with Crippen LogP contribution in [0.4, 0.5) is 14.5 Å². The number of hydrogen-bond donors (Lipinski definition) is 1. The van der Waals surface area contributed by atoms with Gasteiger partial charge in [0, 0.05) is 19.2 Å². The number of hydrogen-bond acceptors (Lipinski definition) is 4. The smallest absolute Gasteiger partial charge is 0.244 e. The van der Waals surface area contributed by atoms with Crippen molar-refractivity contribution < 1.29 is 26.8 Å². The molecule has 0 heterocycles. The summed E-state index contributed by atoms with van der Waals surface area (Å²) in [6.07, 6.45) is 2.54. The van der Waals surface area contributed by atoms with E-state index in [1.807, 2.05) is 38.1 Å². The molecule has 0 fully saturated rings.